The van der Waals surface area contributed by atoms with Crippen molar-refractivity contribution < 1.29 is 22.7 Å². The van der Waals surface area contributed by atoms with Gasteiger partial charge in [-0.2, -0.15) is 18.3 Å². The molecule has 3 N–H and O–H groups in total. The van der Waals surface area contributed by atoms with Crippen molar-refractivity contribution in [3.8, 4) is 5.88 Å². The fourth-order valence-corrected chi connectivity index (χ4v) is 2.47. The van der Waals surface area contributed by atoms with Crippen LogP contribution in [0.4, 0.5) is 13.2 Å². The van der Waals surface area contributed by atoms with Crippen LogP contribution in [0.1, 0.15) is 27.3 Å². The highest BCUT2D eigenvalue weighted by molar-refractivity contribution is 5.94. The third kappa shape index (κ3) is 5.09. The fraction of sp³-hybridized carbons (Fsp3) is 0.400. The van der Waals surface area contributed by atoms with Crippen LogP contribution in [0, 0.1) is 0 Å². The summed E-state index contributed by atoms with van der Waals surface area (Å²) in [6.45, 7) is 0.105. The molecule has 142 valence electrons. The molecule has 2 aromatic heterocycles. The molecule has 11 heteroatoms. The van der Waals surface area contributed by atoms with Gasteiger partial charge in [0.1, 0.15) is 0 Å². The molecule has 2 aromatic rings. The zero-order valence-electron chi connectivity index (χ0n) is 13.5. The van der Waals surface area contributed by atoms with E-state index in [9.17, 15) is 18.0 Å². The number of amides is 1. The van der Waals surface area contributed by atoms with Crippen LogP contribution in [-0.2, 0) is 19.5 Å². The van der Waals surface area contributed by atoms with Gasteiger partial charge in [0, 0.05) is 49.6 Å². The monoisotopic (exact) mass is 391 g/mol. The Morgan fingerprint density at radius 3 is 2.96 bits per heavy atom. The molecule has 1 aliphatic heterocycles. The molecule has 0 saturated carbocycles. The lowest BCUT2D eigenvalue weighted by molar-refractivity contribution is -0.154. The summed E-state index contributed by atoms with van der Waals surface area (Å²) in [5, 5.41) is 12.8. The van der Waals surface area contributed by atoms with E-state index < -0.39 is 12.8 Å². The number of nitrogens with zero attached hydrogens (tertiary/aromatic N) is 2. The summed E-state index contributed by atoms with van der Waals surface area (Å²) in [7, 11) is 0. The molecule has 0 atom stereocenters. The molecule has 0 saturated heterocycles. The summed E-state index contributed by atoms with van der Waals surface area (Å²) >= 11 is 0. The SMILES string of the molecule is Cl.O=C(NCc1ccnc(OCC(F)(F)F)c1)c1n[nH]c2c1CNCC2. The van der Waals surface area contributed by atoms with E-state index in [0.717, 1.165) is 24.2 Å². The number of rotatable bonds is 5. The molecule has 26 heavy (non-hydrogen) atoms. The van der Waals surface area contributed by atoms with Gasteiger partial charge in [0.25, 0.3) is 5.91 Å². The second-order valence-electron chi connectivity index (χ2n) is 5.54. The van der Waals surface area contributed by atoms with Crippen LogP contribution >= 0.6 is 12.4 Å². The van der Waals surface area contributed by atoms with E-state index in [2.05, 4.69) is 30.6 Å². The van der Waals surface area contributed by atoms with Crippen LogP contribution in [0.3, 0.4) is 0 Å². The van der Waals surface area contributed by atoms with Gasteiger partial charge < -0.3 is 15.4 Å². The van der Waals surface area contributed by atoms with Crippen molar-refractivity contribution >= 4 is 18.3 Å². The minimum Gasteiger partial charge on any atom is -0.468 e. The van der Waals surface area contributed by atoms with E-state index in [1.807, 2.05) is 0 Å². The van der Waals surface area contributed by atoms with Crippen molar-refractivity contribution in [2.45, 2.75) is 25.7 Å². The quantitative estimate of drug-likeness (QED) is 0.722. The van der Waals surface area contributed by atoms with E-state index in [4.69, 9.17) is 0 Å². The van der Waals surface area contributed by atoms with Gasteiger partial charge in [0.2, 0.25) is 5.88 Å². The van der Waals surface area contributed by atoms with Crippen molar-refractivity contribution in [3.63, 3.8) is 0 Å². The van der Waals surface area contributed by atoms with Crippen molar-refractivity contribution in [2.24, 2.45) is 0 Å². The van der Waals surface area contributed by atoms with Gasteiger partial charge in [-0.3, -0.25) is 9.89 Å². The van der Waals surface area contributed by atoms with Gasteiger partial charge in [0.05, 0.1) is 0 Å². The molecule has 3 rings (SSSR count). The lowest BCUT2D eigenvalue weighted by Crippen LogP contribution is -2.28. The maximum Gasteiger partial charge on any atom is 0.422 e. The zero-order chi connectivity index (χ0) is 17.9. The predicted octanol–water partition coefficient (Wildman–Crippen LogP) is 1.74. The molecule has 0 bridgehead atoms. The summed E-state index contributed by atoms with van der Waals surface area (Å²) in [5.74, 6) is -0.499. The van der Waals surface area contributed by atoms with Gasteiger partial charge in [-0.15, -0.1) is 12.4 Å². The number of halogens is 4. The second kappa shape index (κ2) is 8.37. The lowest BCUT2D eigenvalue weighted by atomic mass is 10.1. The number of hydrogen-bond acceptors (Lipinski definition) is 5. The van der Waals surface area contributed by atoms with E-state index in [-0.39, 0.29) is 30.7 Å². The maximum absolute atomic E-state index is 12.3. The van der Waals surface area contributed by atoms with E-state index >= 15 is 0 Å². The summed E-state index contributed by atoms with van der Waals surface area (Å²) in [6, 6.07) is 2.94. The van der Waals surface area contributed by atoms with Crippen LogP contribution in [0.15, 0.2) is 18.3 Å². The smallest absolute Gasteiger partial charge is 0.422 e. The summed E-state index contributed by atoms with van der Waals surface area (Å²) in [4.78, 5) is 16.0. The third-order valence-corrected chi connectivity index (χ3v) is 3.66. The molecule has 0 spiro atoms. The predicted molar refractivity (Wildman–Crippen MR) is 88.2 cm³/mol. The first-order valence-electron chi connectivity index (χ1n) is 7.62. The summed E-state index contributed by atoms with van der Waals surface area (Å²) in [6.07, 6.45) is -2.33. The Morgan fingerprint density at radius 2 is 2.19 bits per heavy atom. The van der Waals surface area contributed by atoms with Crippen LogP contribution < -0.4 is 15.4 Å². The number of H-pyrrole nitrogens is 1. The number of aromatic nitrogens is 3. The molecule has 1 amide bonds. The fourth-order valence-electron chi connectivity index (χ4n) is 2.47. The highest BCUT2D eigenvalue weighted by Crippen LogP contribution is 2.18. The Balaban J connectivity index is 0.00000243. The molecule has 1 aliphatic rings. The first kappa shape index (κ1) is 20.0. The average Bonchev–Trinajstić information content (AvgIpc) is 3.02. The van der Waals surface area contributed by atoms with E-state index in [0.29, 0.717) is 17.8 Å². The van der Waals surface area contributed by atoms with Crippen molar-refractivity contribution in [1.82, 2.24) is 25.8 Å². The van der Waals surface area contributed by atoms with E-state index in [1.54, 1.807) is 6.07 Å². The molecular formula is C15H17ClF3N5O2. The Labute approximate surface area is 153 Å². The van der Waals surface area contributed by atoms with Gasteiger partial charge >= 0.3 is 6.18 Å². The Hall–Kier alpha value is -2.33. The molecular weight excluding hydrogens is 375 g/mol. The van der Waals surface area contributed by atoms with Gasteiger partial charge in [-0.1, -0.05) is 0 Å². The summed E-state index contributed by atoms with van der Waals surface area (Å²) < 4.78 is 41.1. The minimum atomic E-state index is -4.43. The van der Waals surface area contributed by atoms with Crippen LogP contribution in [0.25, 0.3) is 0 Å². The zero-order valence-corrected chi connectivity index (χ0v) is 14.3. The number of carbonyl (C=O) groups is 1. The van der Waals surface area contributed by atoms with Gasteiger partial charge in [-0.05, 0) is 11.6 Å². The van der Waals surface area contributed by atoms with Crippen LogP contribution in [0.2, 0.25) is 0 Å². The maximum atomic E-state index is 12.3. The Morgan fingerprint density at radius 1 is 1.38 bits per heavy atom. The molecule has 0 radical (unpaired) electrons. The molecule has 0 fully saturated rings. The molecule has 0 unspecified atom stereocenters. The number of fused-ring (bicyclic) bond motifs is 1. The number of alkyl halides is 3. The van der Waals surface area contributed by atoms with Crippen LogP contribution in [0.5, 0.6) is 5.88 Å². The van der Waals surface area contributed by atoms with E-state index in [1.165, 1.54) is 12.3 Å². The highest BCUT2D eigenvalue weighted by atomic mass is 35.5. The lowest BCUT2D eigenvalue weighted by Gasteiger charge is -2.13. The average molecular weight is 392 g/mol. The first-order valence-corrected chi connectivity index (χ1v) is 7.62. The highest BCUT2D eigenvalue weighted by Gasteiger charge is 2.28. The third-order valence-electron chi connectivity index (χ3n) is 3.66. The van der Waals surface area contributed by atoms with Gasteiger partial charge in [-0.25, -0.2) is 4.98 Å². The van der Waals surface area contributed by atoms with Gasteiger partial charge in [0.15, 0.2) is 12.3 Å². The molecule has 7 nitrogen and oxygen atoms in total. The number of hydrogen-bond donors (Lipinski definition) is 3. The first-order chi connectivity index (χ1) is 11.9. The molecule has 3 heterocycles. The minimum absolute atomic E-state index is 0. The number of ether oxygens (including phenoxy) is 1. The Bertz CT molecular complexity index is 766. The number of aromatic amines is 1. The Kier molecular flexibility index (Phi) is 6.43. The summed E-state index contributed by atoms with van der Waals surface area (Å²) in [5.41, 5.74) is 2.68. The molecule has 0 aromatic carbocycles. The second-order valence-corrected chi connectivity index (χ2v) is 5.54. The molecule has 0 aliphatic carbocycles. The van der Waals surface area contributed by atoms with Crippen molar-refractivity contribution in [1.29, 1.82) is 0 Å². The number of pyridine rings is 1. The topological polar surface area (TPSA) is 91.9 Å². The van der Waals surface area contributed by atoms with Crippen molar-refractivity contribution in [3.05, 3.63) is 40.8 Å². The number of nitrogens with one attached hydrogen (secondary N) is 3. The largest absolute Gasteiger partial charge is 0.468 e. The van der Waals surface area contributed by atoms with Crippen molar-refractivity contribution in [2.75, 3.05) is 13.2 Å². The number of carbonyl (C=O) groups excluding carboxylic acids is 1. The van der Waals surface area contributed by atoms with Crippen LogP contribution in [-0.4, -0.2) is 40.4 Å². The normalized spacial score (nSPS) is 13.5. The standard InChI is InChI=1S/C15H16F3N5O2.ClH/c16-15(17,18)8-25-12-5-9(1-4-20-12)6-21-14(24)13-10-7-19-3-2-11(10)22-23-13;/h1,4-5,19H,2-3,6-8H2,(H,21,24)(H,22,23);1H.